The number of ether oxygens (including phenoxy) is 1. The lowest BCUT2D eigenvalue weighted by atomic mass is 10.1. The predicted octanol–water partition coefficient (Wildman–Crippen LogP) is 6.06. The van der Waals surface area contributed by atoms with E-state index in [2.05, 4.69) is 25.3 Å². The van der Waals surface area contributed by atoms with Crippen LogP contribution in [0.1, 0.15) is 80.4 Å². The van der Waals surface area contributed by atoms with Gasteiger partial charge < -0.3 is 25.6 Å². The van der Waals surface area contributed by atoms with Crippen molar-refractivity contribution in [3.05, 3.63) is 47.3 Å². The number of rotatable bonds is 7. The maximum Gasteiger partial charge on any atom is 0.417 e. The molecule has 15 heteroatoms. The Morgan fingerprint density at radius 1 is 0.941 bits per heavy atom. The number of halogens is 3. The van der Waals surface area contributed by atoms with E-state index in [0.29, 0.717) is 70.4 Å². The molecule has 3 aromatic rings. The fourth-order valence-electron chi connectivity index (χ4n) is 5.13. The molecule has 3 aromatic heterocycles. The van der Waals surface area contributed by atoms with Crippen LogP contribution in [0.15, 0.2) is 36.2 Å². The second-order valence-electron chi connectivity index (χ2n) is 10.8. The molecule has 0 saturated carbocycles. The number of nitrogens with one attached hydrogen (secondary N) is 1. The van der Waals surface area contributed by atoms with Gasteiger partial charge in [-0.3, -0.25) is 14.5 Å². The van der Waals surface area contributed by atoms with Crippen molar-refractivity contribution in [2.75, 3.05) is 69.7 Å². The van der Waals surface area contributed by atoms with Gasteiger partial charge in [0.05, 0.1) is 30.9 Å². The van der Waals surface area contributed by atoms with E-state index in [0.717, 1.165) is 23.4 Å². The third-order valence-corrected chi connectivity index (χ3v) is 7.25. The van der Waals surface area contributed by atoms with E-state index >= 15 is 0 Å². The van der Waals surface area contributed by atoms with Crippen molar-refractivity contribution in [1.29, 1.82) is 0 Å². The first kappa shape index (κ1) is 44.8. The number of fused-ring (bicyclic) bond motifs is 1. The molecule has 51 heavy (non-hydrogen) atoms. The molecule has 0 atom stereocenters. The zero-order valence-electron chi connectivity index (χ0n) is 32.0. The van der Waals surface area contributed by atoms with Gasteiger partial charge in [-0.1, -0.05) is 61.0 Å². The van der Waals surface area contributed by atoms with E-state index in [-0.39, 0.29) is 35.6 Å². The van der Waals surface area contributed by atoms with Crippen molar-refractivity contribution in [2.45, 2.75) is 82.0 Å². The van der Waals surface area contributed by atoms with Crippen molar-refractivity contribution in [3.63, 3.8) is 0 Å². The molecule has 0 unspecified atom stereocenters. The van der Waals surface area contributed by atoms with Gasteiger partial charge in [-0.15, -0.1) is 5.10 Å². The number of pyridine rings is 1. The molecule has 2 amide bonds. The van der Waals surface area contributed by atoms with Crippen LogP contribution < -0.4 is 16.0 Å². The van der Waals surface area contributed by atoms with Gasteiger partial charge in [-0.05, 0) is 31.5 Å². The summed E-state index contributed by atoms with van der Waals surface area (Å²) < 4.78 is 48.8. The first-order chi connectivity index (χ1) is 24.5. The van der Waals surface area contributed by atoms with Gasteiger partial charge >= 0.3 is 6.18 Å². The average molecular weight is 722 g/mol. The van der Waals surface area contributed by atoms with Crippen molar-refractivity contribution in [3.8, 4) is 11.4 Å². The summed E-state index contributed by atoms with van der Waals surface area (Å²) in [7, 11) is 0. The Bertz CT molecular complexity index is 1530. The lowest BCUT2D eigenvalue weighted by Crippen LogP contribution is -2.50. The lowest BCUT2D eigenvalue weighted by molar-refractivity contribution is -0.137. The molecule has 12 nitrogen and oxygen atoms in total. The van der Waals surface area contributed by atoms with Crippen molar-refractivity contribution in [2.24, 2.45) is 0 Å². The van der Waals surface area contributed by atoms with Crippen molar-refractivity contribution in [1.82, 2.24) is 34.7 Å². The van der Waals surface area contributed by atoms with Gasteiger partial charge in [0.2, 0.25) is 11.8 Å². The van der Waals surface area contributed by atoms with Gasteiger partial charge in [-0.25, -0.2) is 14.5 Å². The number of nitrogens with two attached hydrogens (primary N) is 1. The Kier molecular flexibility index (Phi) is 19.8. The van der Waals surface area contributed by atoms with Crippen LogP contribution in [0.2, 0.25) is 0 Å². The normalized spacial score (nSPS) is 14.3. The quantitative estimate of drug-likeness (QED) is 0.279. The van der Waals surface area contributed by atoms with E-state index in [1.807, 2.05) is 80.2 Å². The highest BCUT2D eigenvalue weighted by molar-refractivity contribution is 5.91. The summed E-state index contributed by atoms with van der Waals surface area (Å²) in [6.07, 6.45) is -0.377. The van der Waals surface area contributed by atoms with Crippen LogP contribution in [0.4, 0.5) is 24.8 Å². The number of hydrogen-bond acceptors (Lipinski definition) is 9. The molecule has 3 N–H and O–H groups in total. The first-order valence-corrected chi connectivity index (χ1v) is 18.0. The van der Waals surface area contributed by atoms with Crippen LogP contribution >= 0.6 is 0 Å². The summed E-state index contributed by atoms with van der Waals surface area (Å²) in [6.45, 7) is 24.4. The second kappa shape index (κ2) is 22.6. The summed E-state index contributed by atoms with van der Waals surface area (Å²) >= 11 is 0. The van der Waals surface area contributed by atoms with Crippen LogP contribution in [-0.4, -0.2) is 100 Å². The van der Waals surface area contributed by atoms with E-state index in [1.54, 1.807) is 15.6 Å². The van der Waals surface area contributed by atoms with Crippen LogP contribution in [0.25, 0.3) is 16.9 Å². The van der Waals surface area contributed by atoms with Crippen molar-refractivity contribution >= 4 is 29.0 Å². The summed E-state index contributed by atoms with van der Waals surface area (Å²) in [5, 5.41) is 7.08. The van der Waals surface area contributed by atoms with Gasteiger partial charge in [0.15, 0.2) is 11.6 Å². The third-order valence-electron chi connectivity index (χ3n) is 7.25. The standard InChI is InChI=1S/C28H34F3N9O3.4C2H6/c1-18(2)11-24(41)34-15-25(42)38-5-3-37(4-6-38)16-19-12-22-27(39-7-9-43-10-8-39)35-26(36-40(22)17-19)20-14-33-23(32)13-21(20)28(29,30)31;4*1-2/h11-14,17H,3-10,15-16H2,1-2H3,(H2,32,33)(H,34,41);4*1-2H3. The monoisotopic (exact) mass is 721 g/mol. The Labute approximate surface area is 301 Å². The van der Waals surface area contributed by atoms with Crippen molar-refractivity contribution < 1.29 is 27.5 Å². The molecule has 2 fully saturated rings. The molecule has 0 aromatic carbocycles. The molecule has 2 aliphatic rings. The summed E-state index contributed by atoms with van der Waals surface area (Å²) in [5.74, 6) is -0.283. The number of hydrogen-bond donors (Lipinski definition) is 2. The van der Waals surface area contributed by atoms with Gasteiger partial charge in [0.25, 0.3) is 0 Å². The molecule has 2 saturated heterocycles. The molecular formula is C36H58F3N9O3. The third kappa shape index (κ3) is 13.1. The zero-order chi connectivity index (χ0) is 38.7. The smallest absolute Gasteiger partial charge is 0.384 e. The minimum atomic E-state index is -4.67. The maximum absolute atomic E-state index is 13.9. The second-order valence-corrected chi connectivity index (χ2v) is 10.8. The number of nitrogens with zero attached hydrogens (tertiary/aromatic N) is 7. The minimum Gasteiger partial charge on any atom is -0.384 e. The van der Waals surface area contributed by atoms with E-state index < -0.39 is 11.7 Å². The van der Waals surface area contributed by atoms with Crippen LogP contribution in [0.5, 0.6) is 0 Å². The fourth-order valence-corrected chi connectivity index (χ4v) is 5.13. The Hall–Kier alpha value is -4.24. The maximum atomic E-state index is 13.9. The number of morpholine rings is 1. The highest BCUT2D eigenvalue weighted by atomic mass is 19.4. The molecule has 0 spiro atoms. The van der Waals surface area contributed by atoms with Crippen LogP contribution in [-0.2, 0) is 27.0 Å². The Balaban J connectivity index is 0.00000152. The summed E-state index contributed by atoms with van der Waals surface area (Å²) in [4.78, 5) is 38.8. The highest BCUT2D eigenvalue weighted by Gasteiger charge is 2.36. The number of allylic oxidation sites excluding steroid dienone is 1. The molecule has 5 heterocycles. The largest absolute Gasteiger partial charge is 0.417 e. The van der Waals surface area contributed by atoms with E-state index in [1.165, 1.54) is 6.08 Å². The van der Waals surface area contributed by atoms with Gasteiger partial charge in [0.1, 0.15) is 11.3 Å². The molecule has 2 aliphatic heterocycles. The first-order valence-electron chi connectivity index (χ1n) is 18.0. The Morgan fingerprint density at radius 2 is 1.55 bits per heavy atom. The van der Waals surface area contributed by atoms with E-state index in [4.69, 9.17) is 10.5 Å². The number of anilines is 2. The average Bonchev–Trinajstić information content (AvgIpc) is 3.56. The molecular weight excluding hydrogens is 663 g/mol. The van der Waals surface area contributed by atoms with Crippen LogP contribution in [0.3, 0.4) is 0 Å². The fraction of sp³-hybridized carbons (Fsp3) is 0.583. The highest BCUT2D eigenvalue weighted by Crippen LogP contribution is 2.37. The molecule has 286 valence electrons. The zero-order valence-corrected chi connectivity index (χ0v) is 32.0. The van der Waals surface area contributed by atoms with Gasteiger partial charge in [0, 0.05) is 64.3 Å². The summed E-state index contributed by atoms with van der Waals surface area (Å²) in [5.41, 5.74) is 6.78. The topological polar surface area (TPSA) is 134 Å². The predicted molar refractivity (Wildman–Crippen MR) is 198 cm³/mol. The van der Waals surface area contributed by atoms with E-state index in [9.17, 15) is 22.8 Å². The molecule has 5 rings (SSSR count). The molecule has 0 aliphatic carbocycles. The number of carbonyl (C=O) groups is 2. The minimum absolute atomic E-state index is 0.0571. The number of carbonyl (C=O) groups excluding carboxylic acids is 2. The summed E-state index contributed by atoms with van der Waals surface area (Å²) in [6, 6.07) is 2.73. The number of aromatic nitrogens is 4. The number of piperazine rings is 1. The number of nitrogen functional groups attached to an aromatic ring is 1. The SMILES string of the molecule is CC.CC.CC.CC.CC(C)=CC(=O)NCC(=O)N1CCN(Cc2cc3c(N4CCOCC4)nc(-c4cnc(N)cc4C(F)(F)F)nn3c2)CC1. The van der Waals surface area contributed by atoms with Gasteiger partial charge in [-0.2, -0.15) is 13.2 Å². The molecule has 0 radical (unpaired) electrons. The Morgan fingerprint density at radius 3 is 2.12 bits per heavy atom. The number of amides is 2. The number of alkyl halides is 3. The molecule has 0 bridgehead atoms. The van der Waals surface area contributed by atoms with Crippen LogP contribution in [0, 0.1) is 0 Å². The lowest BCUT2D eigenvalue weighted by Gasteiger charge is -2.34.